The Labute approximate surface area is 178 Å². The zero-order chi connectivity index (χ0) is 22.1. The molecular weight excluding hydrogens is 403 g/mol. The number of aromatic nitrogens is 4. The molecule has 3 aromatic heterocycles. The van der Waals surface area contributed by atoms with Crippen molar-refractivity contribution in [3.05, 3.63) is 58.0 Å². The number of esters is 1. The van der Waals surface area contributed by atoms with Gasteiger partial charge in [-0.1, -0.05) is 6.92 Å². The maximum absolute atomic E-state index is 14.4. The first-order valence-corrected chi connectivity index (χ1v) is 10.2. The molecule has 2 N–H and O–H groups in total. The SMILES string of the molecule is COC(=O)c1cnn2ccc(N3CCC[C@@H]3c3cc(F)cn(C[C@H](C)CN)c3=O)nc12. The summed E-state index contributed by atoms with van der Waals surface area (Å²) >= 11 is 0. The Morgan fingerprint density at radius 3 is 3.00 bits per heavy atom. The Morgan fingerprint density at radius 2 is 2.26 bits per heavy atom. The molecule has 0 aliphatic carbocycles. The number of hydrogen-bond donors (Lipinski definition) is 1. The monoisotopic (exact) mass is 428 g/mol. The van der Waals surface area contributed by atoms with Crippen LogP contribution in [0.4, 0.5) is 10.2 Å². The fourth-order valence-corrected chi connectivity index (χ4v) is 4.04. The van der Waals surface area contributed by atoms with Crippen LogP contribution >= 0.6 is 0 Å². The molecule has 4 rings (SSSR count). The first-order chi connectivity index (χ1) is 14.9. The summed E-state index contributed by atoms with van der Waals surface area (Å²) in [5.74, 6) is -0.349. The van der Waals surface area contributed by atoms with Gasteiger partial charge in [0, 0.05) is 31.0 Å². The van der Waals surface area contributed by atoms with E-state index in [1.807, 2.05) is 11.8 Å². The highest BCUT2D eigenvalue weighted by atomic mass is 19.1. The highest BCUT2D eigenvalue weighted by Crippen LogP contribution is 2.34. The van der Waals surface area contributed by atoms with E-state index in [1.54, 1.807) is 12.3 Å². The molecule has 9 nitrogen and oxygen atoms in total. The third-order valence-corrected chi connectivity index (χ3v) is 5.66. The number of nitrogens with two attached hydrogens (primary N) is 1. The minimum atomic E-state index is -0.528. The average molecular weight is 428 g/mol. The first kappa shape index (κ1) is 21.0. The molecule has 1 aliphatic rings. The van der Waals surface area contributed by atoms with Gasteiger partial charge in [0.05, 0.1) is 19.3 Å². The van der Waals surface area contributed by atoms with Gasteiger partial charge in [0.25, 0.3) is 5.56 Å². The second-order valence-corrected chi connectivity index (χ2v) is 7.87. The molecule has 0 aromatic carbocycles. The topological polar surface area (TPSA) is 108 Å². The number of fused-ring (bicyclic) bond motifs is 1. The average Bonchev–Trinajstić information content (AvgIpc) is 3.42. The van der Waals surface area contributed by atoms with Crippen molar-refractivity contribution in [2.45, 2.75) is 32.4 Å². The van der Waals surface area contributed by atoms with Gasteiger partial charge in [-0.25, -0.2) is 18.7 Å². The minimum absolute atomic E-state index is 0.0507. The summed E-state index contributed by atoms with van der Waals surface area (Å²) in [7, 11) is 1.30. The largest absolute Gasteiger partial charge is 0.465 e. The molecule has 0 radical (unpaired) electrons. The lowest BCUT2D eigenvalue weighted by molar-refractivity contribution is 0.0602. The lowest BCUT2D eigenvalue weighted by Gasteiger charge is -2.26. The van der Waals surface area contributed by atoms with Crippen LogP contribution in [0.2, 0.25) is 0 Å². The summed E-state index contributed by atoms with van der Waals surface area (Å²) in [6, 6.07) is 2.77. The Kier molecular flexibility index (Phi) is 5.73. The Morgan fingerprint density at radius 1 is 1.45 bits per heavy atom. The van der Waals surface area contributed by atoms with Gasteiger partial charge in [-0.15, -0.1) is 0 Å². The van der Waals surface area contributed by atoms with E-state index >= 15 is 0 Å². The van der Waals surface area contributed by atoms with Crippen molar-refractivity contribution in [2.75, 3.05) is 25.1 Å². The van der Waals surface area contributed by atoms with E-state index in [1.165, 1.54) is 34.7 Å². The summed E-state index contributed by atoms with van der Waals surface area (Å²) < 4.78 is 22.1. The van der Waals surface area contributed by atoms with Crippen LogP contribution in [0.1, 0.15) is 41.7 Å². The molecular formula is C21H25FN6O3. The normalized spacial score (nSPS) is 17.3. The fourth-order valence-electron chi connectivity index (χ4n) is 4.04. The standard InChI is InChI=1S/C21H25FN6O3/c1-13(9-23)11-26-12-14(22)8-15(20(26)29)17-4-3-6-27(17)18-5-7-28-19(25-18)16(10-24-28)21(30)31-2/h5,7-8,10,12-13,17H,3-4,6,9,11,23H2,1-2H3/t13-,17-/m1/s1. The van der Waals surface area contributed by atoms with Crippen LogP contribution in [0.25, 0.3) is 5.65 Å². The molecule has 1 saturated heterocycles. The number of methoxy groups -OCH3 is 1. The van der Waals surface area contributed by atoms with E-state index in [-0.39, 0.29) is 23.1 Å². The maximum atomic E-state index is 14.4. The van der Waals surface area contributed by atoms with Crippen molar-refractivity contribution in [1.82, 2.24) is 19.2 Å². The van der Waals surface area contributed by atoms with E-state index in [0.717, 1.165) is 6.42 Å². The number of carbonyl (C=O) groups is 1. The van der Waals surface area contributed by atoms with Gasteiger partial charge in [0.1, 0.15) is 17.2 Å². The molecule has 3 aromatic rings. The van der Waals surface area contributed by atoms with Crippen molar-refractivity contribution in [3.63, 3.8) is 0 Å². The summed E-state index contributed by atoms with van der Waals surface area (Å²) in [5, 5.41) is 4.13. The van der Waals surface area contributed by atoms with Crippen LogP contribution in [0, 0.1) is 11.7 Å². The highest BCUT2D eigenvalue weighted by molar-refractivity contribution is 5.95. The van der Waals surface area contributed by atoms with Crippen LogP contribution in [0.5, 0.6) is 0 Å². The Balaban J connectivity index is 1.73. The van der Waals surface area contributed by atoms with Gasteiger partial charge < -0.3 is 19.9 Å². The summed E-state index contributed by atoms with van der Waals surface area (Å²) in [6.45, 7) is 3.34. The molecule has 0 amide bonds. The Bertz CT molecular complexity index is 1170. The molecule has 2 atom stereocenters. The second-order valence-electron chi connectivity index (χ2n) is 7.87. The zero-order valence-electron chi connectivity index (χ0n) is 17.5. The summed E-state index contributed by atoms with van der Waals surface area (Å²) in [6.07, 6.45) is 5.86. The third-order valence-electron chi connectivity index (χ3n) is 5.66. The molecule has 164 valence electrons. The van der Waals surface area contributed by atoms with Gasteiger partial charge >= 0.3 is 5.97 Å². The van der Waals surface area contributed by atoms with E-state index in [4.69, 9.17) is 10.5 Å². The quantitative estimate of drug-likeness (QED) is 0.596. The van der Waals surface area contributed by atoms with Crippen LogP contribution in [0.3, 0.4) is 0 Å². The van der Waals surface area contributed by atoms with Crippen molar-refractivity contribution < 1.29 is 13.9 Å². The predicted molar refractivity (Wildman–Crippen MR) is 113 cm³/mol. The maximum Gasteiger partial charge on any atom is 0.343 e. The van der Waals surface area contributed by atoms with Gasteiger partial charge in [0.15, 0.2) is 5.65 Å². The molecule has 0 saturated carbocycles. The molecule has 1 fully saturated rings. The second kappa shape index (κ2) is 8.46. The molecule has 0 bridgehead atoms. The van der Waals surface area contributed by atoms with E-state index in [2.05, 4.69) is 10.1 Å². The molecule has 1 aliphatic heterocycles. The number of nitrogens with zero attached hydrogens (tertiary/aromatic N) is 5. The number of halogens is 1. The third kappa shape index (κ3) is 3.90. The molecule has 10 heteroatoms. The lowest BCUT2D eigenvalue weighted by Crippen LogP contribution is -2.33. The molecule has 0 unspecified atom stereocenters. The summed E-state index contributed by atoms with van der Waals surface area (Å²) in [5.41, 5.74) is 6.47. The molecule has 0 spiro atoms. The smallest absolute Gasteiger partial charge is 0.343 e. The van der Waals surface area contributed by atoms with E-state index in [9.17, 15) is 14.0 Å². The minimum Gasteiger partial charge on any atom is -0.465 e. The number of pyridine rings is 1. The van der Waals surface area contributed by atoms with Crippen LogP contribution < -0.4 is 16.2 Å². The molecule has 31 heavy (non-hydrogen) atoms. The first-order valence-electron chi connectivity index (χ1n) is 10.2. The van der Waals surface area contributed by atoms with E-state index < -0.39 is 11.8 Å². The Hall–Kier alpha value is -3.27. The highest BCUT2D eigenvalue weighted by Gasteiger charge is 2.31. The van der Waals surface area contributed by atoms with Crippen molar-refractivity contribution in [1.29, 1.82) is 0 Å². The number of carbonyl (C=O) groups excluding carboxylic acids is 1. The number of ether oxygens (including phenoxy) is 1. The van der Waals surface area contributed by atoms with Crippen LogP contribution in [0.15, 0.2) is 35.5 Å². The van der Waals surface area contributed by atoms with Crippen LogP contribution in [-0.2, 0) is 11.3 Å². The molecule has 4 heterocycles. The van der Waals surface area contributed by atoms with Gasteiger partial charge in [-0.05, 0) is 37.4 Å². The van der Waals surface area contributed by atoms with Gasteiger partial charge in [0.2, 0.25) is 0 Å². The number of anilines is 1. The van der Waals surface area contributed by atoms with Crippen LogP contribution in [-0.4, -0.2) is 45.3 Å². The van der Waals surface area contributed by atoms with Crippen molar-refractivity contribution in [3.8, 4) is 0 Å². The van der Waals surface area contributed by atoms with Crippen molar-refractivity contribution in [2.24, 2.45) is 11.7 Å². The number of rotatable bonds is 6. The fraction of sp³-hybridized carbons (Fsp3) is 0.429. The van der Waals surface area contributed by atoms with E-state index in [0.29, 0.717) is 43.1 Å². The predicted octanol–water partition coefficient (Wildman–Crippen LogP) is 1.75. The zero-order valence-corrected chi connectivity index (χ0v) is 17.5. The summed E-state index contributed by atoms with van der Waals surface area (Å²) in [4.78, 5) is 31.7. The van der Waals surface area contributed by atoms with Gasteiger partial charge in [-0.2, -0.15) is 5.10 Å². The lowest BCUT2D eigenvalue weighted by atomic mass is 10.1. The van der Waals surface area contributed by atoms with Gasteiger partial charge in [-0.3, -0.25) is 4.79 Å². The number of hydrogen-bond acceptors (Lipinski definition) is 7. The van der Waals surface area contributed by atoms with Crippen molar-refractivity contribution >= 4 is 17.4 Å².